The van der Waals surface area contributed by atoms with Crippen LogP contribution in [0.2, 0.25) is 0 Å². The highest BCUT2D eigenvalue weighted by atomic mass is 16.2. The van der Waals surface area contributed by atoms with E-state index in [1.165, 1.54) is 4.90 Å². The van der Waals surface area contributed by atoms with Crippen molar-refractivity contribution in [2.45, 2.75) is 44.3 Å². The Labute approximate surface area is 213 Å². The third-order valence-electron chi connectivity index (χ3n) is 7.68. The minimum Gasteiger partial charge on any atom is -0.329 e. The number of anilines is 1. The Kier molecular flexibility index (Phi) is 5.75. The van der Waals surface area contributed by atoms with Gasteiger partial charge in [0, 0.05) is 48.0 Å². The molecule has 0 bridgehead atoms. The summed E-state index contributed by atoms with van der Waals surface area (Å²) in [6, 6.07) is 8.71. The summed E-state index contributed by atoms with van der Waals surface area (Å²) in [5, 5.41) is 6.13. The third-order valence-corrected chi connectivity index (χ3v) is 7.68. The summed E-state index contributed by atoms with van der Waals surface area (Å²) >= 11 is 0. The first kappa shape index (κ1) is 23.4. The molecule has 37 heavy (non-hydrogen) atoms. The van der Waals surface area contributed by atoms with Gasteiger partial charge in [-0.3, -0.25) is 24.5 Å². The third kappa shape index (κ3) is 4.27. The van der Waals surface area contributed by atoms with Gasteiger partial charge in [-0.1, -0.05) is 0 Å². The maximum Gasteiger partial charge on any atom is 0.257 e. The number of fused-ring (bicyclic) bond motifs is 2. The molecule has 0 saturated carbocycles. The second-order valence-corrected chi connectivity index (χ2v) is 10.1. The van der Waals surface area contributed by atoms with E-state index in [0.717, 1.165) is 42.5 Å². The maximum absolute atomic E-state index is 13.0. The van der Waals surface area contributed by atoms with Gasteiger partial charge in [0.05, 0.1) is 5.56 Å². The molecule has 3 aliphatic rings. The topological polar surface area (TPSA) is 117 Å². The summed E-state index contributed by atoms with van der Waals surface area (Å²) in [5.41, 5.74) is 3.13. The molecule has 10 nitrogen and oxygen atoms in total. The fourth-order valence-corrected chi connectivity index (χ4v) is 5.59. The number of carbonyl (C=O) groups is 4. The Balaban J connectivity index is 1.16. The van der Waals surface area contributed by atoms with E-state index in [0.29, 0.717) is 29.3 Å². The lowest BCUT2D eigenvalue weighted by molar-refractivity contribution is -0.136. The molecule has 190 valence electrons. The van der Waals surface area contributed by atoms with E-state index in [4.69, 9.17) is 0 Å². The van der Waals surface area contributed by atoms with E-state index in [1.54, 1.807) is 24.4 Å². The molecular formula is C27H28N6O4. The van der Waals surface area contributed by atoms with Crippen molar-refractivity contribution in [3.8, 4) is 0 Å². The zero-order chi connectivity index (χ0) is 25.7. The van der Waals surface area contributed by atoms with Gasteiger partial charge in [-0.05, 0) is 75.3 Å². The molecule has 5 heterocycles. The van der Waals surface area contributed by atoms with Crippen LogP contribution in [-0.2, 0) is 16.1 Å². The molecule has 1 atom stereocenters. The second kappa shape index (κ2) is 9.11. The number of amides is 4. The van der Waals surface area contributed by atoms with Gasteiger partial charge in [0.15, 0.2) is 0 Å². The zero-order valence-corrected chi connectivity index (χ0v) is 20.6. The molecule has 4 amide bonds. The number of piperidine rings is 2. The van der Waals surface area contributed by atoms with Crippen LogP contribution < -0.4 is 10.6 Å². The standard InChI is InChI=1S/C27H28N6O4/c1-31-9-7-20(8-10-31)32-11-6-16-12-17(14-28-24(16)32)25(35)29-19-2-3-21-18(13-19)15-33(27(21)37)22-4-5-23(34)30-26(22)36/h2-3,6,11-14,20,22H,4-5,7-10,15H2,1H3,(H,29,35)(H,30,34,36). The molecular weight excluding hydrogens is 472 g/mol. The number of benzene rings is 1. The van der Waals surface area contributed by atoms with Gasteiger partial charge < -0.3 is 19.7 Å². The van der Waals surface area contributed by atoms with E-state index in [9.17, 15) is 19.2 Å². The average molecular weight is 501 g/mol. The smallest absolute Gasteiger partial charge is 0.257 e. The van der Waals surface area contributed by atoms with Crippen LogP contribution in [0.4, 0.5) is 5.69 Å². The molecule has 2 aromatic heterocycles. The summed E-state index contributed by atoms with van der Waals surface area (Å²) in [4.78, 5) is 58.1. The lowest BCUT2D eigenvalue weighted by atomic mass is 10.0. The predicted molar refractivity (Wildman–Crippen MR) is 136 cm³/mol. The molecule has 2 saturated heterocycles. The van der Waals surface area contributed by atoms with Gasteiger partial charge >= 0.3 is 0 Å². The molecule has 0 spiro atoms. The number of imide groups is 1. The molecule has 0 aliphatic carbocycles. The first-order chi connectivity index (χ1) is 17.9. The average Bonchev–Trinajstić information content (AvgIpc) is 3.45. The Hall–Kier alpha value is -4.05. The number of nitrogens with zero attached hydrogens (tertiary/aromatic N) is 4. The number of hydrogen-bond donors (Lipinski definition) is 2. The fraction of sp³-hybridized carbons (Fsp3) is 0.370. The Morgan fingerprint density at radius 3 is 2.68 bits per heavy atom. The molecule has 3 aromatic rings. The van der Waals surface area contributed by atoms with E-state index in [-0.39, 0.29) is 30.7 Å². The van der Waals surface area contributed by atoms with Crippen molar-refractivity contribution in [2.24, 2.45) is 0 Å². The molecule has 1 aromatic carbocycles. The van der Waals surface area contributed by atoms with Crippen molar-refractivity contribution >= 4 is 40.3 Å². The molecule has 6 rings (SSSR count). The molecule has 10 heteroatoms. The summed E-state index contributed by atoms with van der Waals surface area (Å²) in [6.45, 7) is 2.37. The fourth-order valence-electron chi connectivity index (χ4n) is 5.59. The Bertz CT molecular complexity index is 1440. The molecule has 0 radical (unpaired) electrons. The van der Waals surface area contributed by atoms with Gasteiger partial charge in [-0.2, -0.15) is 0 Å². The number of carbonyl (C=O) groups excluding carboxylic acids is 4. The lowest BCUT2D eigenvalue weighted by Crippen LogP contribution is -2.52. The zero-order valence-electron chi connectivity index (χ0n) is 20.6. The highest BCUT2D eigenvalue weighted by molar-refractivity contribution is 6.07. The van der Waals surface area contributed by atoms with E-state index in [1.807, 2.05) is 12.1 Å². The highest BCUT2D eigenvalue weighted by Gasteiger charge is 2.39. The summed E-state index contributed by atoms with van der Waals surface area (Å²) in [5.74, 6) is -1.29. The van der Waals surface area contributed by atoms with Crippen LogP contribution in [0, 0.1) is 0 Å². The SMILES string of the molecule is CN1CCC(n2ccc3cc(C(=O)Nc4ccc5c(c4)CN(C4CCC(=O)NC4=O)C5=O)cnc32)CC1. The Morgan fingerprint density at radius 2 is 1.89 bits per heavy atom. The van der Waals surface area contributed by atoms with E-state index < -0.39 is 11.9 Å². The first-order valence-corrected chi connectivity index (χ1v) is 12.6. The number of likely N-dealkylation sites (tertiary alicyclic amines) is 1. The maximum atomic E-state index is 13.0. The van der Waals surface area contributed by atoms with Crippen LogP contribution in [0.25, 0.3) is 11.0 Å². The summed E-state index contributed by atoms with van der Waals surface area (Å²) < 4.78 is 2.22. The van der Waals surface area contributed by atoms with Crippen molar-refractivity contribution in [1.82, 2.24) is 24.7 Å². The van der Waals surface area contributed by atoms with Crippen LogP contribution in [0.5, 0.6) is 0 Å². The first-order valence-electron chi connectivity index (χ1n) is 12.6. The van der Waals surface area contributed by atoms with Crippen molar-refractivity contribution in [1.29, 1.82) is 0 Å². The number of pyridine rings is 1. The van der Waals surface area contributed by atoms with Crippen LogP contribution in [0.1, 0.15) is 58.0 Å². The number of rotatable bonds is 4. The van der Waals surface area contributed by atoms with Crippen molar-refractivity contribution in [3.05, 3.63) is 59.4 Å². The molecule has 3 aliphatic heterocycles. The van der Waals surface area contributed by atoms with Crippen molar-refractivity contribution in [3.63, 3.8) is 0 Å². The van der Waals surface area contributed by atoms with Gasteiger partial charge in [-0.15, -0.1) is 0 Å². The van der Waals surface area contributed by atoms with E-state index >= 15 is 0 Å². The molecule has 1 unspecified atom stereocenters. The minimum atomic E-state index is -0.671. The molecule has 2 N–H and O–H groups in total. The monoisotopic (exact) mass is 500 g/mol. The lowest BCUT2D eigenvalue weighted by Gasteiger charge is -2.30. The predicted octanol–water partition coefficient (Wildman–Crippen LogP) is 2.32. The largest absolute Gasteiger partial charge is 0.329 e. The van der Waals surface area contributed by atoms with Gasteiger partial charge in [0.25, 0.3) is 11.8 Å². The van der Waals surface area contributed by atoms with Crippen molar-refractivity contribution < 1.29 is 19.2 Å². The van der Waals surface area contributed by atoms with E-state index in [2.05, 4.69) is 38.3 Å². The summed E-state index contributed by atoms with van der Waals surface area (Å²) in [6.07, 6.45) is 6.32. The van der Waals surface area contributed by atoms with Crippen molar-refractivity contribution in [2.75, 3.05) is 25.5 Å². The Morgan fingerprint density at radius 1 is 1.08 bits per heavy atom. The number of aromatic nitrogens is 2. The van der Waals surface area contributed by atoms with Crippen LogP contribution >= 0.6 is 0 Å². The van der Waals surface area contributed by atoms with Gasteiger partial charge in [0.1, 0.15) is 11.7 Å². The number of hydrogen-bond acceptors (Lipinski definition) is 6. The second-order valence-electron chi connectivity index (χ2n) is 10.1. The molecule has 2 fully saturated rings. The normalized spacial score (nSPS) is 20.8. The quantitative estimate of drug-likeness (QED) is 0.531. The van der Waals surface area contributed by atoms with Crippen LogP contribution in [-0.4, -0.2) is 69.2 Å². The van der Waals surface area contributed by atoms with Crippen LogP contribution in [0.15, 0.2) is 42.7 Å². The minimum absolute atomic E-state index is 0.206. The van der Waals surface area contributed by atoms with Gasteiger partial charge in [-0.25, -0.2) is 4.98 Å². The highest BCUT2D eigenvalue weighted by Crippen LogP contribution is 2.30. The summed E-state index contributed by atoms with van der Waals surface area (Å²) in [7, 11) is 2.14. The van der Waals surface area contributed by atoms with Gasteiger partial charge in [0.2, 0.25) is 11.8 Å². The van der Waals surface area contributed by atoms with Crippen LogP contribution in [0.3, 0.4) is 0 Å². The number of nitrogens with one attached hydrogen (secondary N) is 2.